The van der Waals surface area contributed by atoms with Crippen LogP contribution in [0.4, 0.5) is 17.6 Å². The second kappa shape index (κ2) is 6.69. The average Bonchev–Trinajstić information content (AvgIpc) is 2.34. The first-order valence-corrected chi connectivity index (χ1v) is 6.04. The molecule has 0 fully saturated rings. The van der Waals surface area contributed by atoms with E-state index in [1.54, 1.807) is 7.05 Å². The Morgan fingerprint density at radius 2 is 1.90 bits per heavy atom. The van der Waals surface area contributed by atoms with Crippen LogP contribution in [0.15, 0.2) is 18.2 Å². The molecule has 0 spiro atoms. The maximum absolute atomic E-state index is 13.1. The summed E-state index contributed by atoms with van der Waals surface area (Å²) >= 11 is 0. The highest BCUT2D eigenvalue weighted by atomic mass is 19.4. The molecule has 1 rings (SSSR count). The van der Waals surface area contributed by atoms with Crippen molar-refractivity contribution in [3.63, 3.8) is 0 Å². The Bertz CT molecular complexity index is 474. The van der Waals surface area contributed by atoms with Crippen molar-refractivity contribution in [3.8, 4) is 0 Å². The second-order valence-corrected chi connectivity index (χ2v) is 4.60. The molecule has 0 saturated carbocycles. The normalized spacial score (nSPS) is 13.1. The van der Waals surface area contributed by atoms with Crippen LogP contribution in [0.1, 0.15) is 22.8 Å². The van der Waals surface area contributed by atoms with Crippen LogP contribution < -0.4 is 10.6 Å². The molecule has 0 aromatic heterocycles. The summed E-state index contributed by atoms with van der Waals surface area (Å²) in [6.45, 7) is 2.80. The molecule has 20 heavy (non-hydrogen) atoms. The van der Waals surface area contributed by atoms with E-state index in [9.17, 15) is 22.4 Å². The summed E-state index contributed by atoms with van der Waals surface area (Å²) in [5.74, 6) is -1.70. The van der Waals surface area contributed by atoms with E-state index in [4.69, 9.17) is 0 Å². The number of benzene rings is 1. The van der Waals surface area contributed by atoms with E-state index < -0.39 is 23.5 Å². The monoisotopic (exact) mass is 292 g/mol. The molecular formula is C13H16F4N2O. The third kappa shape index (κ3) is 4.80. The maximum Gasteiger partial charge on any atom is 0.416 e. The van der Waals surface area contributed by atoms with Crippen molar-refractivity contribution in [2.24, 2.45) is 5.92 Å². The van der Waals surface area contributed by atoms with E-state index in [0.717, 1.165) is 6.07 Å². The number of hydrogen-bond donors (Lipinski definition) is 2. The first-order valence-electron chi connectivity index (χ1n) is 6.04. The van der Waals surface area contributed by atoms with E-state index in [2.05, 4.69) is 10.6 Å². The molecule has 0 radical (unpaired) electrons. The summed E-state index contributed by atoms with van der Waals surface area (Å²) in [7, 11) is 1.75. The lowest BCUT2D eigenvalue weighted by atomic mass is 10.1. The third-order valence-electron chi connectivity index (χ3n) is 2.65. The summed E-state index contributed by atoms with van der Waals surface area (Å²) in [4.78, 5) is 11.7. The molecule has 1 aromatic carbocycles. The van der Waals surface area contributed by atoms with E-state index in [-0.39, 0.29) is 18.0 Å². The average molecular weight is 292 g/mol. The van der Waals surface area contributed by atoms with Gasteiger partial charge in [-0.25, -0.2) is 4.39 Å². The predicted molar refractivity (Wildman–Crippen MR) is 66.8 cm³/mol. The minimum Gasteiger partial charge on any atom is -0.352 e. The minimum atomic E-state index is -4.68. The Morgan fingerprint density at radius 3 is 2.45 bits per heavy atom. The Hall–Kier alpha value is -1.63. The zero-order chi connectivity index (χ0) is 15.3. The molecule has 1 amide bonds. The lowest BCUT2D eigenvalue weighted by Gasteiger charge is -2.13. The highest BCUT2D eigenvalue weighted by Gasteiger charge is 2.31. The number of rotatable bonds is 5. The largest absolute Gasteiger partial charge is 0.416 e. The lowest BCUT2D eigenvalue weighted by molar-refractivity contribution is -0.137. The van der Waals surface area contributed by atoms with Crippen LogP contribution in [0.3, 0.4) is 0 Å². The van der Waals surface area contributed by atoms with Gasteiger partial charge in [0.25, 0.3) is 5.91 Å². The number of carbonyl (C=O) groups is 1. The molecular weight excluding hydrogens is 276 g/mol. The summed E-state index contributed by atoms with van der Waals surface area (Å²) in [5.41, 5.74) is -1.51. The van der Waals surface area contributed by atoms with Crippen LogP contribution in [-0.2, 0) is 6.18 Å². The summed E-state index contributed by atoms with van der Waals surface area (Å²) in [6, 6.07) is 1.79. The van der Waals surface area contributed by atoms with Gasteiger partial charge in [-0.2, -0.15) is 13.2 Å². The smallest absolute Gasteiger partial charge is 0.352 e. The van der Waals surface area contributed by atoms with Crippen LogP contribution in [0.2, 0.25) is 0 Å². The van der Waals surface area contributed by atoms with Crippen LogP contribution in [0.25, 0.3) is 0 Å². The summed E-state index contributed by atoms with van der Waals surface area (Å²) in [6.07, 6.45) is -4.68. The summed E-state index contributed by atoms with van der Waals surface area (Å²) < 4.78 is 50.7. The molecule has 0 heterocycles. The number of halogens is 4. The van der Waals surface area contributed by atoms with Gasteiger partial charge in [-0.1, -0.05) is 6.92 Å². The Balaban J connectivity index is 2.81. The van der Waals surface area contributed by atoms with Gasteiger partial charge in [-0.15, -0.1) is 0 Å². The molecule has 0 aliphatic rings. The fourth-order valence-electron chi connectivity index (χ4n) is 1.67. The SMILES string of the molecule is CNC[C@H](C)CNC(=O)c1cc(F)cc(C(F)(F)F)c1. The predicted octanol–water partition coefficient (Wildman–Crippen LogP) is 2.43. The van der Waals surface area contributed by atoms with Crippen LogP contribution in [0, 0.1) is 11.7 Å². The number of nitrogens with one attached hydrogen (secondary N) is 2. The van der Waals surface area contributed by atoms with Gasteiger partial charge in [0.15, 0.2) is 0 Å². The topological polar surface area (TPSA) is 41.1 Å². The van der Waals surface area contributed by atoms with Crippen molar-refractivity contribution in [1.29, 1.82) is 0 Å². The standard InChI is InChI=1S/C13H16F4N2O/c1-8(6-18-2)7-19-12(20)9-3-10(13(15,16)17)5-11(14)4-9/h3-5,8,18H,6-7H2,1-2H3,(H,19,20)/t8-/m0/s1. The van der Waals surface area contributed by atoms with Gasteiger partial charge in [0.1, 0.15) is 5.82 Å². The number of hydrogen-bond acceptors (Lipinski definition) is 2. The molecule has 0 aliphatic heterocycles. The lowest BCUT2D eigenvalue weighted by Crippen LogP contribution is -2.32. The quantitative estimate of drug-likeness (QED) is 0.818. The molecule has 0 saturated heterocycles. The van der Waals surface area contributed by atoms with Crippen LogP contribution >= 0.6 is 0 Å². The van der Waals surface area contributed by atoms with Gasteiger partial charge in [-0.3, -0.25) is 4.79 Å². The molecule has 0 bridgehead atoms. The number of alkyl halides is 3. The highest BCUT2D eigenvalue weighted by Crippen LogP contribution is 2.30. The maximum atomic E-state index is 13.1. The van der Waals surface area contributed by atoms with Gasteiger partial charge < -0.3 is 10.6 Å². The Morgan fingerprint density at radius 1 is 1.25 bits per heavy atom. The van der Waals surface area contributed by atoms with Crippen LogP contribution in [-0.4, -0.2) is 26.0 Å². The first-order chi connectivity index (χ1) is 9.24. The number of amides is 1. The first kappa shape index (κ1) is 16.4. The molecule has 2 N–H and O–H groups in total. The second-order valence-electron chi connectivity index (χ2n) is 4.60. The highest BCUT2D eigenvalue weighted by molar-refractivity contribution is 5.94. The van der Waals surface area contributed by atoms with E-state index in [1.807, 2.05) is 6.92 Å². The molecule has 0 aliphatic carbocycles. The molecule has 1 aromatic rings. The van der Waals surface area contributed by atoms with Gasteiger partial charge >= 0.3 is 6.18 Å². The van der Waals surface area contributed by atoms with Crippen molar-refractivity contribution in [3.05, 3.63) is 35.1 Å². The zero-order valence-electron chi connectivity index (χ0n) is 11.1. The van der Waals surface area contributed by atoms with Crippen molar-refractivity contribution >= 4 is 5.91 Å². The molecule has 112 valence electrons. The van der Waals surface area contributed by atoms with Crippen molar-refractivity contribution < 1.29 is 22.4 Å². The molecule has 1 atom stereocenters. The third-order valence-corrected chi connectivity index (χ3v) is 2.65. The van der Waals surface area contributed by atoms with Gasteiger partial charge in [0, 0.05) is 12.1 Å². The Labute approximate surface area is 114 Å². The molecule has 0 unspecified atom stereocenters. The molecule has 7 heteroatoms. The molecule has 3 nitrogen and oxygen atoms in total. The number of carbonyl (C=O) groups excluding carboxylic acids is 1. The zero-order valence-corrected chi connectivity index (χ0v) is 11.1. The van der Waals surface area contributed by atoms with E-state index >= 15 is 0 Å². The van der Waals surface area contributed by atoms with Gasteiger partial charge in [0.2, 0.25) is 0 Å². The summed E-state index contributed by atoms with van der Waals surface area (Å²) in [5, 5.41) is 5.39. The van der Waals surface area contributed by atoms with Crippen molar-refractivity contribution in [2.75, 3.05) is 20.1 Å². The van der Waals surface area contributed by atoms with Crippen molar-refractivity contribution in [2.45, 2.75) is 13.1 Å². The van der Waals surface area contributed by atoms with Gasteiger partial charge in [0.05, 0.1) is 5.56 Å². The van der Waals surface area contributed by atoms with E-state index in [0.29, 0.717) is 18.7 Å². The van der Waals surface area contributed by atoms with Gasteiger partial charge in [-0.05, 0) is 37.7 Å². The minimum absolute atomic E-state index is 0.111. The Kier molecular flexibility index (Phi) is 5.50. The van der Waals surface area contributed by atoms with E-state index in [1.165, 1.54) is 0 Å². The fourth-order valence-corrected chi connectivity index (χ4v) is 1.67. The van der Waals surface area contributed by atoms with Crippen molar-refractivity contribution in [1.82, 2.24) is 10.6 Å². The fraction of sp³-hybridized carbons (Fsp3) is 0.462. The van der Waals surface area contributed by atoms with Crippen LogP contribution in [0.5, 0.6) is 0 Å².